The van der Waals surface area contributed by atoms with Crippen LogP contribution in [0.2, 0.25) is 0 Å². The molecule has 0 amide bonds. The topological polar surface area (TPSA) is 17.3 Å². The first-order chi connectivity index (χ1) is 4.86. The van der Waals surface area contributed by atoms with E-state index >= 15 is 0 Å². The SMILES string of the molecule is Bc1ccc2ccnn2c1. The zero-order valence-corrected chi connectivity index (χ0v) is 5.78. The Morgan fingerprint density at radius 2 is 2.20 bits per heavy atom. The number of rotatable bonds is 0. The van der Waals surface area contributed by atoms with Gasteiger partial charge in [0.15, 0.2) is 0 Å². The van der Waals surface area contributed by atoms with Crippen molar-refractivity contribution in [1.29, 1.82) is 0 Å². The highest BCUT2D eigenvalue weighted by Crippen LogP contribution is 1.96. The monoisotopic (exact) mass is 130 g/mol. The number of pyridine rings is 1. The normalized spacial score (nSPS) is 10.4. The van der Waals surface area contributed by atoms with Gasteiger partial charge >= 0.3 is 0 Å². The summed E-state index contributed by atoms with van der Waals surface area (Å²) < 4.78 is 1.87. The van der Waals surface area contributed by atoms with Gasteiger partial charge in [0.05, 0.1) is 5.52 Å². The van der Waals surface area contributed by atoms with Gasteiger partial charge in [-0.1, -0.05) is 11.5 Å². The van der Waals surface area contributed by atoms with E-state index in [-0.39, 0.29) is 0 Å². The molecule has 2 aromatic heterocycles. The molecule has 0 aliphatic heterocycles. The van der Waals surface area contributed by atoms with Crippen molar-refractivity contribution in [2.45, 2.75) is 0 Å². The van der Waals surface area contributed by atoms with Crippen molar-refractivity contribution in [2.24, 2.45) is 0 Å². The first kappa shape index (κ1) is 5.53. The number of hydrogen-bond acceptors (Lipinski definition) is 1. The molecule has 0 bridgehead atoms. The number of aromatic nitrogens is 2. The van der Waals surface area contributed by atoms with Gasteiger partial charge in [-0.15, -0.1) is 0 Å². The zero-order chi connectivity index (χ0) is 6.97. The van der Waals surface area contributed by atoms with E-state index < -0.39 is 0 Å². The molecule has 0 saturated carbocycles. The Balaban J connectivity index is 2.86. The van der Waals surface area contributed by atoms with E-state index in [0.29, 0.717) is 0 Å². The Kier molecular flexibility index (Phi) is 1.03. The molecule has 10 heavy (non-hydrogen) atoms. The van der Waals surface area contributed by atoms with Crippen molar-refractivity contribution in [3.8, 4) is 0 Å². The maximum atomic E-state index is 4.10. The van der Waals surface area contributed by atoms with Crippen LogP contribution >= 0.6 is 0 Å². The fourth-order valence-corrected chi connectivity index (χ4v) is 1.02. The molecular formula is C7H7BN2. The van der Waals surface area contributed by atoms with Crippen LogP contribution in [0.3, 0.4) is 0 Å². The average molecular weight is 130 g/mol. The molecule has 0 saturated heterocycles. The maximum Gasteiger partial charge on any atom is 0.141 e. The average Bonchev–Trinajstić information content (AvgIpc) is 2.33. The standard InChI is InChI=1S/C7H7BN2/c8-6-1-2-7-3-4-9-10(7)5-6/h1-5H,8H2. The number of hydrogen-bond donors (Lipinski definition) is 0. The fourth-order valence-electron chi connectivity index (χ4n) is 1.02. The maximum absolute atomic E-state index is 4.10. The van der Waals surface area contributed by atoms with Gasteiger partial charge in [-0.05, 0) is 12.1 Å². The smallest absolute Gasteiger partial charge is 0.141 e. The zero-order valence-electron chi connectivity index (χ0n) is 5.78. The predicted octanol–water partition coefficient (Wildman–Crippen LogP) is -0.407. The lowest BCUT2D eigenvalue weighted by Gasteiger charge is -1.92. The molecule has 0 aliphatic carbocycles. The number of fused-ring (bicyclic) bond motifs is 1. The Bertz CT molecular complexity index is 353. The Morgan fingerprint density at radius 1 is 1.30 bits per heavy atom. The van der Waals surface area contributed by atoms with Crippen LogP contribution in [-0.2, 0) is 0 Å². The lowest BCUT2D eigenvalue weighted by molar-refractivity contribution is 0.967. The van der Waals surface area contributed by atoms with Gasteiger partial charge in [0.1, 0.15) is 7.85 Å². The first-order valence-corrected chi connectivity index (χ1v) is 3.26. The third-order valence-electron chi connectivity index (χ3n) is 1.54. The van der Waals surface area contributed by atoms with Crippen molar-refractivity contribution in [3.63, 3.8) is 0 Å². The molecule has 0 fully saturated rings. The largest absolute Gasteiger partial charge is 0.242 e. The molecule has 0 unspecified atom stereocenters. The molecule has 3 heteroatoms. The summed E-state index contributed by atoms with van der Waals surface area (Å²) in [5.74, 6) is 0. The fraction of sp³-hybridized carbons (Fsp3) is 0. The molecule has 48 valence electrons. The Hall–Kier alpha value is -1.25. The molecule has 0 spiro atoms. The van der Waals surface area contributed by atoms with Gasteiger partial charge in [0.2, 0.25) is 0 Å². The van der Waals surface area contributed by atoms with Crippen LogP contribution in [0.25, 0.3) is 5.52 Å². The second-order valence-electron chi connectivity index (χ2n) is 2.41. The minimum absolute atomic E-state index is 1.14. The summed E-state index contributed by atoms with van der Waals surface area (Å²) in [6.07, 6.45) is 3.81. The second-order valence-corrected chi connectivity index (χ2v) is 2.41. The third kappa shape index (κ3) is 0.710. The van der Waals surface area contributed by atoms with Gasteiger partial charge < -0.3 is 0 Å². The van der Waals surface area contributed by atoms with Crippen LogP contribution in [0.4, 0.5) is 0 Å². The molecule has 0 atom stereocenters. The van der Waals surface area contributed by atoms with Gasteiger partial charge in [-0.25, -0.2) is 4.52 Å². The molecule has 2 rings (SSSR count). The van der Waals surface area contributed by atoms with Crippen LogP contribution in [0.5, 0.6) is 0 Å². The third-order valence-corrected chi connectivity index (χ3v) is 1.54. The summed E-state index contributed by atoms with van der Waals surface area (Å²) in [5.41, 5.74) is 2.38. The van der Waals surface area contributed by atoms with Crippen LogP contribution < -0.4 is 5.46 Å². The molecule has 0 radical (unpaired) electrons. The Labute approximate surface area is 59.9 Å². The van der Waals surface area contributed by atoms with Crippen LogP contribution in [-0.4, -0.2) is 17.5 Å². The molecule has 0 aliphatic rings. The molecular weight excluding hydrogens is 123 g/mol. The molecule has 2 aromatic rings. The quantitative estimate of drug-likeness (QED) is 0.443. The van der Waals surface area contributed by atoms with Crippen molar-refractivity contribution >= 4 is 18.8 Å². The second kappa shape index (κ2) is 1.87. The highest BCUT2D eigenvalue weighted by atomic mass is 15.2. The minimum Gasteiger partial charge on any atom is -0.242 e. The van der Waals surface area contributed by atoms with Crippen LogP contribution in [0.1, 0.15) is 0 Å². The van der Waals surface area contributed by atoms with Crippen molar-refractivity contribution in [2.75, 3.05) is 0 Å². The van der Waals surface area contributed by atoms with Gasteiger partial charge in [-0.2, -0.15) is 5.10 Å². The molecule has 2 nitrogen and oxygen atoms in total. The highest BCUT2D eigenvalue weighted by Gasteiger charge is 1.89. The van der Waals surface area contributed by atoms with E-state index in [2.05, 4.69) is 25.1 Å². The van der Waals surface area contributed by atoms with Crippen LogP contribution in [0.15, 0.2) is 30.6 Å². The summed E-state index contributed by atoms with van der Waals surface area (Å²) in [6, 6.07) is 6.12. The van der Waals surface area contributed by atoms with Crippen molar-refractivity contribution in [3.05, 3.63) is 30.6 Å². The summed E-state index contributed by atoms with van der Waals surface area (Å²) in [5, 5.41) is 4.10. The number of nitrogens with zero attached hydrogens (tertiary/aromatic N) is 2. The van der Waals surface area contributed by atoms with Crippen LogP contribution in [0, 0.1) is 0 Å². The van der Waals surface area contributed by atoms with Crippen molar-refractivity contribution < 1.29 is 0 Å². The minimum atomic E-state index is 1.14. The molecule has 2 heterocycles. The highest BCUT2D eigenvalue weighted by molar-refractivity contribution is 6.32. The van der Waals surface area contributed by atoms with Gasteiger partial charge in [-0.3, -0.25) is 0 Å². The van der Waals surface area contributed by atoms with E-state index in [1.807, 2.05) is 16.8 Å². The van der Waals surface area contributed by atoms with E-state index in [9.17, 15) is 0 Å². The first-order valence-electron chi connectivity index (χ1n) is 3.26. The van der Waals surface area contributed by atoms with E-state index in [1.54, 1.807) is 6.20 Å². The summed E-state index contributed by atoms with van der Waals surface area (Å²) >= 11 is 0. The van der Waals surface area contributed by atoms with E-state index in [1.165, 1.54) is 5.46 Å². The lowest BCUT2D eigenvalue weighted by Crippen LogP contribution is -2.04. The van der Waals surface area contributed by atoms with Crippen molar-refractivity contribution in [1.82, 2.24) is 9.61 Å². The summed E-state index contributed by atoms with van der Waals surface area (Å²) in [6.45, 7) is 0. The molecule has 0 N–H and O–H groups in total. The summed E-state index contributed by atoms with van der Waals surface area (Å²) in [7, 11) is 2.06. The van der Waals surface area contributed by atoms with Gasteiger partial charge in [0.25, 0.3) is 0 Å². The van der Waals surface area contributed by atoms with E-state index in [4.69, 9.17) is 0 Å². The van der Waals surface area contributed by atoms with E-state index in [0.717, 1.165) is 5.52 Å². The predicted molar refractivity (Wildman–Crippen MR) is 43.4 cm³/mol. The lowest BCUT2D eigenvalue weighted by atomic mass is 9.99. The summed E-state index contributed by atoms with van der Waals surface area (Å²) in [4.78, 5) is 0. The Morgan fingerprint density at radius 3 is 3.10 bits per heavy atom. The van der Waals surface area contributed by atoms with Gasteiger partial charge in [0, 0.05) is 12.4 Å². The molecule has 0 aromatic carbocycles.